The third kappa shape index (κ3) is 6.22. The molecule has 4 rings (SSSR count). The number of anilines is 2. The van der Waals surface area contributed by atoms with Gasteiger partial charge in [0.05, 0.1) is 12.8 Å². The fraction of sp³-hybridized carbons (Fsp3) is 0.480. The van der Waals surface area contributed by atoms with Gasteiger partial charge in [0.15, 0.2) is 0 Å². The van der Waals surface area contributed by atoms with Crippen molar-refractivity contribution < 1.29 is 14.3 Å². The third-order valence-electron chi connectivity index (χ3n) is 6.44. The number of amides is 3. The van der Waals surface area contributed by atoms with Crippen molar-refractivity contribution in [2.45, 2.75) is 44.6 Å². The molecule has 176 valence electrons. The van der Waals surface area contributed by atoms with Gasteiger partial charge < -0.3 is 25.2 Å². The zero-order valence-corrected chi connectivity index (χ0v) is 19.3. The highest BCUT2D eigenvalue weighted by Gasteiger charge is 2.24. The van der Waals surface area contributed by atoms with Crippen LogP contribution < -0.4 is 20.3 Å². The third-order valence-corrected chi connectivity index (χ3v) is 6.44. The van der Waals surface area contributed by atoms with Gasteiger partial charge >= 0.3 is 6.03 Å². The number of hydrogen-bond donors (Lipinski definition) is 2. The molecule has 0 aliphatic carbocycles. The summed E-state index contributed by atoms with van der Waals surface area (Å²) >= 11 is 0. The summed E-state index contributed by atoms with van der Waals surface area (Å²) in [5, 5.41) is 6.03. The molecule has 0 atom stereocenters. The second-order valence-corrected chi connectivity index (χ2v) is 8.71. The van der Waals surface area contributed by atoms with E-state index in [0.717, 1.165) is 51.7 Å². The van der Waals surface area contributed by atoms with Crippen molar-refractivity contribution in [2.24, 2.45) is 0 Å². The molecule has 2 saturated heterocycles. The van der Waals surface area contributed by atoms with E-state index in [4.69, 9.17) is 4.74 Å². The smallest absolute Gasteiger partial charge is 0.319 e. The summed E-state index contributed by atoms with van der Waals surface area (Å²) in [4.78, 5) is 33.3. The maximum atomic E-state index is 12.6. The molecule has 33 heavy (non-hydrogen) atoms. The van der Waals surface area contributed by atoms with E-state index in [9.17, 15) is 9.59 Å². The molecule has 0 saturated carbocycles. The lowest BCUT2D eigenvalue weighted by atomic mass is 10.0. The molecule has 2 aliphatic heterocycles. The van der Waals surface area contributed by atoms with E-state index >= 15 is 0 Å². The lowest BCUT2D eigenvalue weighted by molar-refractivity contribution is -0.119. The van der Waals surface area contributed by atoms with Crippen molar-refractivity contribution in [3.05, 3.63) is 48.3 Å². The highest BCUT2D eigenvalue weighted by Crippen LogP contribution is 2.33. The topological polar surface area (TPSA) is 86.8 Å². The van der Waals surface area contributed by atoms with Gasteiger partial charge in [0, 0.05) is 56.7 Å². The average Bonchev–Trinajstić information content (AvgIpc) is 2.84. The van der Waals surface area contributed by atoms with Crippen LogP contribution in [0.1, 0.15) is 37.7 Å². The number of likely N-dealkylation sites (tertiary alicyclic amines) is 1. The highest BCUT2D eigenvalue weighted by molar-refractivity contribution is 5.97. The van der Waals surface area contributed by atoms with Gasteiger partial charge in [-0.1, -0.05) is 0 Å². The minimum Gasteiger partial charge on any atom is -0.495 e. The number of urea groups is 1. The number of rotatable bonds is 7. The number of nitrogens with zero attached hydrogens (tertiary/aromatic N) is 3. The zero-order valence-electron chi connectivity index (χ0n) is 19.3. The first-order valence-electron chi connectivity index (χ1n) is 11.8. The van der Waals surface area contributed by atoms with Crippen LogP contribution >= 0.6 is 0 Å². The number of pyridine rings is 1. The van der Waals surface area contributed by atoms with Gasteiger partial charge in [0.2, 0.25) is 5.91 Å². The Morgan fingerprint density at radius 3 is 2.64 bits per heavy atom. The number of aromatic nitrogens is 1. The number of carbonyl (C=O) groups excluding carboxylic acids is 2. The number of benzene rings is 1. The van der Waals surface area contributed by atoms with Crippen LogP contribution in [-0.2, 0) is 11.2 Å². The average molecular weight is 452 g/mol. The molecule has 2 aliphatic rings. The zero-order chi connectivity index (χ0) is 23.0. The molecular formula is C25H33N5O3. The number of ether oxygens (including phenoxy) is 1. The van der Waals surface area contributed by atoms with Gasteiger partial charge in [-0.15, -0.1) is 0 Å². The molecule has 2 N–H and O–H groups in total. The fourth-order valence-electron chi connectivity index (χ4n) is 4.53. The van der Waals surface area contributed by atoms with Crippen molar-refractivity contribution in [2.75, 3.05) is 43.5 Å². The van der Waals surface area contributed by atoms with E-state index in [2.05, 4.69) is 32.7 Å². The van der Waals surface area contributed by atoms with Crippen LogP contribution in [0.2, 0.25) is 0 Å². The SMILES string of the molecule is COc1ccc(NC(=O)NC2CCN(CCc3ccncc3)CC2)cc1N1CCCCC1=O. The Bertz CT molecular complexity index is 944. The maximum Gasteiger partial charge on any atom is 0.319 e. The Morgan fingerprint density at radius 1 is 1.12 bits per heavy atom. The Labute approximate surface area is 195 Å². The van der Waals surface area contributed by atoms with E-state index in [1.807, 2.05) is 18.5 Å². The van der Waals surface area contributed by atoms with Gasteiger partial charge in [-0.2, -0.15) is 0 Å². The predicted octanol–water partition coefficient (Wildman–Crippen LogP) is 3.44. The molecule has 2 fully saturated rings. The Kier molecular flexibility index (Phi) is 7.78. The molecule has 3 amide bonds. The summed E-state index contributed by atoms with van der Waals surface area (Å²) in [6, 6.07) is 9.49. The van der Waals surface area contributed by atoms with Crippen LogP contribution in [0.25, 0.3) is 0 Å². The van der Waals surface area contributed by atoms with Gasteiger partial charge in [-0.05, 0) is 68.0 Å². The van der Waals surface area contributed by atoms with Crippen molar-refractivity contribution in [1.29, 1.82) is 0 Å². The van der Waals surface area contributed by atoms with Gasteiger partial charge in [-0.3, -0.25) is 9.78 Å². The Balaban J connectivity index is 1.27. The molecule has 8 heteroatoms. The summed E-state index contributed by atoms with van der Waals surface area (Å²) in [5.74, 6) is 0.729. The monoisotopic (exact) mass is 451 g/mol. The number of carbonyl (C=O) groups is 2. The molecule has 3 heterocycles. The minimum absolute atomic E-state index is 0.0943. The molecule has 2 aromatic rings. The molecular weight excluding hydrogens is 418 g/mol. The standard InChI is InChI=1S/C25H33N5O3/c1-33-23-6-5-21(18-22(23)30-14-3-2-4-24(30)31)28-25(32)27-20-10-16-29(17-11-20)15-9-19-7-12-26-13-8-19/h5-8,12-13,18,20H,2-4,9-11,14-17H2,1H3,(H2,27,28,32). The first-order valence-corrected chi connectivity index (χ1v) is 11.8. The molecule has 1 aromatic heterocycles. The predicted molar refractivity (Wildman–Crippen MR) is 129 cm³/mol. The summed E-state index contributed by atoms with van der Waals surface area (Å²) < 4.78 is 5.46. The fourth-order valence-corrected chi connectivity index (χ4v) is 4.53. The van der Waals surface area contributed by atoms with Gasteiger partial charge in [0.25, 0.3) is 0 Å². The Hall–Kier alpha value is -3.13. The van der Waals surface area contributed by atoms with Crippen molar-refractivity contribution in [1.82, 2.24) is 15.2 Å². The van der Waals surface area contributed by atoms with Crippen LogP contribution in [-0.4, -0.2) is 61.2 Å². The first kappa shape index (κ1) is 23.0. The lowest BCUT2D eigenvalue weighted by Gasteiger charge is -2.32. The normalized spacial score (nSPS) is 17.6. The van der Waals surface area contributed by atoms with Crippen LogP contribution in [0.4, 0.5) is 16.2 Å². The largest absolute Gasteiger partial charge is 0.495 e. The van der Waals surface area contributed by atoms with Crippen LogP contribution in [0, 0.1) is 0 Å². The molecule has 8 nitrogen and oxygen atoms in total. The van der Waals surface area contributed by atoms with Crippen molar-refractivity contribution in [3.8, 4) is 5.75 Å². The quantitative estimate of drug-likeness (QED) is 0.674. The summed E-state index contributed by atoms with van der Waals surface area (Å²) in [6.45, 7) is 3.64. The number of hydrogen-bond acceptors (Lipinski definition) is 5. The summed E-state index contributed by atoms with van der Waals surface area (Å²) in [5.41, 5.74) is 2.66. The first-order chi connectivity index (χ1) is 16.1. The number of methoxy groups -OCH3 is 1. The molecule has 0 radical (unpaired) electrons. The summed E-state index contributed by atoms with van der Waals surface area (Å²) in [6.07, 6.45) is 8.97. The van der Waals surface area contributed by atoms with Gasteiger partial charge in [0.1, 0.15) is 5.75 Å². The second kappa shape index (κ2) is 11.1. The molecule has 0 spiro atoms. The van der Waals surface area contributed by atoms with E-state index < -0.39 is 0 Å². The Morgan fingerprint density at radius 2 is 1.91 bits per heavy atom. The number of nitrogens with one attached hydrogen (secondary N) is 2. The summed E-state index contributed by atoms with van der Waals surface area (Å²) in [7, 11) is 1.59. The van der Waals surface area contributed by atoms with Crippen molar-refractivity contribution >= 4 is 23.3 Å². The van der Waals surface area contributed by atoms with Crippen molar-refractivity contribution in [3.63, 3.8) is 0 Å². The maximum absolute atomic E-state index is 12.6. The second-order valence-electron chi connectivity index (χ2n) is 8.71. The molecule has 0 unspecified atom stereocenters. The van der Waals surface area contributed by atoms with E-state index in [1.165, 1.54) is 5.56 Å². The van der Waals surface area contributed by atoms with Crippen LogP contribution in [0.3, 0.4) is 0 Å². The minimum atomic E-state index is -0.216. The van der Waals surface area contributed by atoms with E-state index in [-0.39, 0.29) is 18.0 Å². The van der Waals surface area contributed by atoms with E-state index in [0.29, 0.717) is 30.1 Å². The highest BCUT2D eigenvalue weighted by atomic mass is 16.5. The van der Waals surface area contributed by atoms with Crippen LogP contribution in [0.15, 0.2) is 42.7 Å². The van der Waals surface area contributed by atoms with Gasteiger partial charge in [-0.25, -0.2) is 4.79 Å². The van der Waals surface area contributed by atoms with E-state index in [1.54, 1.807) is 24.1 Å². The lowest BCUT2D eigenvalue weighted by Crippen LogP contribution is -2.46. The molecule has 0 bridgehead atoms. The number of piperidine rings is 2. The van der Waals surface area contributed by atoms with Crippen LogP contribution in [0.5, 0.6) is 5.75 Å². The molecule has 1 aromatic carbocycles.